The molecule has 4 rings (SSSR count). The lowest BCUT2D eigenvalue weighted by Gasteiger charge is -2.20. The van der Waals surface area contributed by atoms with Crippen molar-refractivity contribution >= 4 is 9.84 Å². The summed E-state index contributed by atoms with van der Waals surface area (Å²) in [6.45, 7) is 5.11. The summed E-state index contributed by atoms with van der Waals surface area (Å²) in [6.07, 6.45) is 4.95. The van der Waals surface area contributed by atoms with Crippen molar-refractivity contribution in [3.8, 4) is 28.6 Å². The van der Waals surface area contributed by atoms with Crippen LogP contribution >= 0.6 is 0 Å². The minimum absolute atomic E-state index is 0.0288. The van der Waals surface area contributed by atoms with Gasteiger partial charge in [0.05, 0.1) is 19.5 Å². The summed E-state index contributed by atoms with van der Waals surface area (Å²) in [6, 6.07) is 7.09. The second-order valence-corrected chi connectivity index (χ2v) is 11.0. The molecule has 194 valence electrons. The van der Waals surface area contributed by atoms with Crippen LogP contribution in [0.4, 0.5) is 0 Å². The molecule has 3 aromatic heterocycles. The molecule has 0 spiro atoms. The van der Waals surface area contributed by atoms with Gasteiger partial charge < -0.3 is 14.6 Å². The smallest absolute Gasteiger partial charge is 0.170 e. The summed E-state index contributed by atoms with van der Waals surface area (Å²) in [5.41, 5.74) is 2.76. The third kappa shape index (κ3) is 5.30. The van der Waals surface area contributed by atoms with Crippen LogP contribution in [0.5, 0.6) is 11.5 Å². The maximum absolute atomic E-state index is 13.5. The number of rotatable bonds is 9. The van der Waals surface area contributed by atoms with Crippen LogP contribution in [0.2, 0.25) is 0 Å². The van der Waals surface area contributed by atoms with Gasteiger partial charge in [-0.25, -0.2) is 18.4 Å². The van der Waals surface area contributed by atoms with Crippen LogP contribution in [0.25, 0.3) is 17.1 Å². The van der Waals surface area contributed by atoms with Gasteiger partial charge in [0.2, 0.25) is 0 Å². The van der Waals surface area contributed by atoms with Crippen molar-refractivity contribution in [1.29, 1.82) is 0 Å². The van der Waals surface area contributed by atoms with Crippen molar-refractivity contribution in [2.45, 2.75) is 37.9 Å². The van der Waals surface area contributed by atoms with Gasteiger partial charge in [-0.2, -0.15) is 0 Å². The second kappa shape index (κ2) is 10.6. The summed E-state index contributed by atoms with van der Waals surface area (Å²) in [5, 5.41) is 18.1. The molecule has 2 atom stereocenters. The van der Waals surface area contributed by atoms with Crippen LogP contribution in [0, 0.1) is 13.8 Å². The Morgan fingerprint density at radius 3 is 2.22 bits per heavy atom. The fraction of sp³-hybridized carbons (Fsp3) is 0.320. The molecule has 0 saturated heterocycles. The molecule has 0 bridgehead atoms. The highest BCUT2D eigenvalue weighted by Crippen LogP contribution is 2.37. The predicted molar refractivity (Wildman–Crippen MR) is 136 cm³/mol. The average molecular weight is 525 g/mol. The summed E-state index contributed by atoms with van der Waals surface area (Å²) in [4.78, 5) is 12.4. The average Bonchev–Trinajstić information content (AvgIpc) is 3.29. The van der Waals surface area contributed by atoms with Crippen LogP contribution < -0.4 is 9.47 Å². The quantitative estimate of drug-likeness (QED) is 0.347. The summed E-state index contributed by atoms with van der Waals surface area (Å²) in [5.74, 6) is 0.843. The number of hydrogen-bond donors (Lipinski definition) is 1. The molecule has 0 aliphatic heterocycles. The van der Waals surface area contributed by atoms with Gasteiger partial charge in [0.1, 0.15) is 29.0 Å². The summed E-state index contributed by atoms with van der Waals surface area (Å²) < 4.78 is 39.8. The van der Waals surface area contributed by atoms with Crippen molar-refractivity contribution in [2.24, 2.45) is 0 Å². The van der Waals surface area contributed by atoms with Crippen LogP contribution in [0.3, 0.4) is 0 Å². The van der Waals surface area contributed by atoms with E-state index >= 15 is 0 Å². The van der Waals surface area contributed by atoms with Gasteiger partial charge >= 0.3 is 0 Å². The molecule has 3 heterocycles. The molecule has 11 nitrogen and oxygen atoms in total. The molecule has 0 saturated carbocycles. The van der Waals surface area contributed by atoms with Crippen LogP contribution in [-0.2, 0) is 15.6 Å². The number of sulfone groups is 1. The normalized spacial score (nSPS) is 13.2. The minimum atomic E-state index is -3.97. The van der Waals surface area contributed by atoms with E-state index in [0.29, 0.717) is 28.6 Å². The van der Waals surface area contributed by atoms with Gasteiger partial charge in [-0.15, -0.1) is 10.2 Å². The molecular weight excluding hydrogens is 496 g/mol. The molecule has 0 amide bonds. The van der Waals surface area contributed by atoms with Crippen LogP contribution in [-0.4, -0.2) is 62.7 Å². The van der Waals surface area contributed by atoms with E-state index < -0.39 is 26.9 Å². The lowest BCUT2D eigenvalue weighted by Crippen LogP contribution is -2.29. The van der Waals surface area contributed by atoms with Crippen molar-refractivity contribution < 1.29 is 23.0 Å². The first-order valence-corrected chi connectivity index (χ1v) is 13.1. The number of para-hydroxylation sites is 1. The first-order valence-electron chi connectivity index (χ1n) is 11.4. The number of nitrogens with zero attached hydrogens (tertiary/aromatic N) is 6. The zero-order valence-corrected chi connectivity index (χ0v) is 22.0. The highest BCUT2D eigenvalue weighted by molar-refractivity contribution is 7.91. The molecule has 0 fully saturated rings. The Balaban J connectivity index is 1.83. The highest BCUT2D eigenvalue weighted by atomic mass is 32.2. The Bertz CT molecular complexity index is 1480. The van der Waals surface area contributed by atoms with E-state index in [1.54, 1.807) is 42.1 Å². The first-order chi connectivity index (χ1) is 17.7. The molecule has 0 unspecified atom stereocenters. The molecule has 4 aromatic rings. The molecule has 0 aliphatic rings. The molecule has 12 heteroatoms. The van der Waals surface area contributed by atoms with Gasteiger partial charge in [0, 0.05) is 30.4 Å². The standard InChI is InChI=1S/C25H28N6O5S/c1-15-9-18(13-26-10-15)25-30-29-21(31(25)22-19(35-4)7-6-8-20(22)36-5)14-37(33,34)17(3)23(32)24-27-11-16(2)12-28-24/h6-13,17,23,32H,14H2,1-5H3/t17-,23+/m0/s1. The van der Waals surface area contributed by atoms with Crippen molar-refractivity contribution in [1.82, 2.24) is 29.7 Å². The van der Waals surface area contributed by atoms with Gasteiger partial charge in [0.15, 0.2) is 27.3 Å². The minimum Gasteiger partial charge on any atom is -0.494 e. The molecule has 0 aliphatic carbocycles. The Hall–Kier alpha value is -3.90. The fourth-order valence-electron chi connectivity index (χ4n) is 3.83. The monoisotopic (exact) mass is 524 g/mol. The lowest BCUT2D eigenvalue weighted by atomic mass is 10.2. The predicted octanol–water partition coefficient (Wildman–Crippen LogP) is 2.79. The number of aryl methyl sites for hydroxylation is 2. The number of pyridine rings is 1. The number of ether oxygens (including phenoxy) is 2. The molecule has 1 aromatic carbocycles. The summed E-state index contributed by atoms with van der Waals surface area (Å²) in [7, 11) is -0.954. The molecule has 37 heavy (non-hydrogen) atoms. The van der Waals surface area contributed by atoms with E-state index in [0.717, 1.165) is 11.1 Å². The van der Waals surface area contributed by atoms with Gasteiger partial charge in [0.25, 0.3) is 0 Å². The Kier molecular flexibility index (Phi) is 7.50. The zero-order chi connectivity index (χ0) is 26.7. The molecule has 1 N–H and O–H groups in total. The van der Waals surface area contributed by atoms with Gasteiger partial charge in [-0.1, -0.05) is 6.07 Å². The first kappa shape index (κ1) is 26.2. The third-order valence-electron chi connectivity index (χ3n) is 5.90. The SMILES string of the molecule is COc1cccc(OC)c1-n1c(CS(=O)(=O)[C@@H](C)[C@@H](O)c2ncc(C)cn2)nnc1-c1cncc(C)c1. The number of aromatic nitrogens is 6. The zero-order valence-electron chi connectivity index (χ0n) is 21.2. The Morgan fingerprint density at radius 2 is 1.62 bits per heavy atom. The van der Waals surface area contributed by atoms with E-state index in [1.807, 2.05) is 13.0 Å². The molecule has 0 radical (unpaired) electrons. The van der Waals surface area contributed by atoms with Crippen molar-refractivity contribution in [3.63, 3.8) is 0 Å². The largest absolute Gasteiger partial charge is 0.494 e. The number of hydrogen-bond acceptors (Lipinski definition) is 10. The van der Waals surface area contributed by atoms with Gasteiger partial charge in [-0.3, -0.25) is 9.55 Å². The van der Waals surface area contributed by atoms with Crippen LogP contribution in [0.15, 0.2) is 49.1 Å². The van der Waals surface area contributed by atoms with Crippen LogP contribution in [0.1, 0.15) is 35.8 Å². The third-order valence-corrected chi connectivity index (χ3v) is 7.95. The maximum Gasteiger partial charge on any atom is 0.170 e. The number of methoxy groups -OCH3 is 2. The second-order valence-electron chi connectivity index (χ2n) is 8.61. The van der Waals surface area contributed by atoms with E-state index in [2.05, 4.69) is 25.1 Å². The Morgan fingerprint density at radius 1 is 0.973 bits per heavy atom. The van der Waals surface area contributed by atoms with Crippen molar-refractivity contribution in [3.05, 3.63) is 71.8 Å². The number of aliphatic hydroxyl groups is 1. The van der Waals surface area contributed by atoms with E-state index in [9.17, 15) is 13.5 Å². The summed E-state index contributed by atoms with van der Waals surface area (Å²) >= 11 is 0. The molecular formula is C25H28N6O5S. The highest BCUT2D eigenvalue weighted by Gasteiger charge is 2.34. The van der Waals surface area contributed by atoms with Gasteiger partial charge in [-0.05, 0) is 50.1 Å². The van der Waals surface area contributed by atoms with E-state index in [4.69, 9.17) is 9.47 Å². The van der Waals surface area contributed by atoms with Crippen molar-refractivity contribution in [2.75, 3.05) is 14.2 Å². The topological polar surface area (TPSA) is 142 Å². The fourth-order valence-corrected chi connectivity index (χ4v) is 5.16. The van der Waals surface area contributed by atoms with E-state index in [-0.39, 0.29) is 11.6 Å². The lowest BCUT2D eigenvalue weighted by molar-refractivity contribution is 0.166. The number of aliphatic hydroxyl groups excluding tert-OH is 1. The maximum atomic E-state index is 13.5. The number of benzene rings is 1. The Labute approximate surface area is 215 Å². The van der Waals surface area contributed by atoms with E-state index in [1.165, 1.54) is 33.5 Å².